The second-order valence-corrected chi connectivity index (χ2v) is 4.93. The molecule has 0 amide bonds. The molecule has 2 heterocycles. The lowest BCUT2D eigenvalue weighted by molar-refractivity contribution is 0.0399. The number of hydroxylamine groups is 1. The smallest absolute Gasteiger partial charge is 0.335 e. The highest BCUT2D eigenvalue weighted by Gasteiger charge is 2.21. The van der Waals surface area contributed by atoms with Gasteiger partial charge < -0.3 is 5.11 Å². The van der Waals surface area contributed by atoms with Crippen LogP contribution < -0.4 is 5.48 Å². The number of carbonyl (C=O) groups is 1. The summed E-state index contributed by atoms with van der Waals surface area (Å²) in [5, 5.41) is 10.8. The Hall–Kier alpha value is -2.18. The average Bonchev–Trinajstić information content (AvgIpc) is 3.10. The number of benzene rings is 1. The number of aromatic carboxylic acids is 1. The second-order valence-electron chi connectivity index (χ2n) is 3.95. The molecule has 2 aromatic rings. The van der Waals surface area contributed by atoms with Crippen molar-refractivity contribution in [3.63, 3.8) is 0 Å². The van der Waals surface area contributed by atoms with Gasteiger partial charge in [0.25, 0.3) is 0 Å². The molecule has 0 aliphatic carbocycles. The Labute approximate surface area is 113 Å². The maximum Gasteiger partial charge on any atom is 0.335 e. The van der Waals surface area contributed by atoms with Gasteiger partial charge in [0.05, 0.1) is 10.4 Å². The molecule has 0 saturated carbocycles. The number of carboxylic acids is 1. The van der Waals surface area contributed by atoms with Gasteiger partial charge in [-0.3, -0.25) is 0 Å². The minimum Gasteiger partial charge on any atom is -0.478 e. The number of thiophene rings is 1. The topological polar surface area (TPSA) is 70.9 Å². The first-order valence-corrected chi connectivity index (χ1v) is 6.48. The first kappa shape index (κ1) is 11.9. The van der Waals surface area contributed by atoms with E-state index in [2.05, 4.69) is 10.5 Å². The molecule has 96 valence electrons. The van der Waals surface area contributed by atoms with Crippen molar-refractivity contribution in [2.24, 2.45) is 4.99 Å². The van der Waals surface area contributed by atoms with Crippen LogP contribution in [0.1, 0.15) is 27.0 Å². The van der Waals surface area contributed by atoms with Gasteiger partial charge in [0.2, 0.25) is 6.23 Å². The van der Waals surface area contributed by atoms with Gasteiger partial charge in [-0.1, -0.05) is 18.2 Å². The van der Waals surface area contributed by atoms with E-state index in [4.69, 9.17) is 9.94 Å². The quantitative estimate of drug-likeness (QED) is 0.901. The van der Waals surface area contributed by atoms with Crippen molar-refractivity contribution in [3.8, 4) is 0 Å². The zero-order chi connectivity index (χ0) is 13.2. The van der Waals surface area contributed by atoms with E-state index >= 15 is 0 Å². The van der Waals surface area contributed by atoms with Crippen molar-refractivity contribution in [2.75, 3.05) is 0 Å². The molecular formula is C13H10N2O3S. The van der Waals surface area contributed by atoms with Crippen LogP contribution in [-0.4, -0.2) is 16.9 Å². The fraction of sp³-hybridized carbons (Fsp3) is 0.0769. The number of amidine groups is 1. The second kappa shape index (κ2) is 4.83. The monoisotopic (exact) mass is 274 g/mol. The predicted octanol–water partition coefficient (Wildman–Crippen LogP) is 2.43. The zero-order valence-corrected chi connectivity index (χ0v) is 10.6. The van der Waals surface area contributed by atoms with Crippen LogP contribution in [0.3, 0.4) is 0 Å². The molecule has 0 spiro atoms. The summed E-state index contributed by atoms with van der Waals surface area (Å²) >= 11 is 1.57. The van der Waals surface area contributed by atoms with Gasteiger partial charge in [0.1, 0.15) is 0 Å². The van der Waals surface area contributed by atoms with E-state index < -0.39 is 5.97 Å². The standard InChI is InChI=1S/C13H10N2O3S/c16-13(17)9-5-3-8(4-6-9)11-14-12(18-15-11)10-2-1-7-19-10/h1-7,12H,(H,14,15)(H,16,17). The lowest BCUT2D eigenvalue weighted by atomic mass is 10.1. The Kier molecular flexibility index (Phi) is 3.02. The van der Waals surface area contributed by atoms with Gasteiger partial charge in [0.15, 0.2) is 5.84 Å². The van der Waals surface area contributed by atoms with Crippen LogP contribution in [0.15, 0.2) is 46.8 Å². The maximum atomic E-state index is 10.8. The van der Waals surface area contributed by atoms with Crippen LogP contribution in [0.2, 0.25) is 0 Å². The molecule has 3 rings (SSSR count). The molecule has 0 radical (unpaired) electrons. The Bertz CT molecular complexity index is 620. The Morgan fingerprint density at radius 2 is 2.11 bits per heavy atom. The Morgan fingerprint density at radius 1 is 1.32 bits per heavy atom. The third kappa shape index (κ3) is 2.35. The summed E-state index contributed by atoms with van der Waals surface area (Å²) in [6, 6.07) is 10.4. The van der Waals surface area contributed by atoms with E-state index in [1.54, 1.807) is 35.6 Å². The molecule has 1 atom stereocenters. The number of hydrogen-bond donors (Lipinski definition) is 2. The summed E-state index contributed by atoms with van der Waals surface area (Å²) in [6.07, 6.45) is -0.339. The molecule has 6 heteroatoms. The molecule has 5 nitrogen and oxygen atoms in total. The van der Waals surface area contributed by atoms with Crippen molar-refractivity contribution >= 4 is 23.1 Å². The molecule has 1 aliphatic heterocycles. The minimum atomic E-state index is -0.944. The summed E-state index contributed by atoms with van der Waals surface area (Å²) in [7, 11) is 0. The largest absolute Gasteiger partial charge is 0.478 e. The van der Waals surface area contributed by atoms with Crippen LogP contribution in [0, 0.1) is 0 Å². The van der Waals surface area contributed by atoms with E-state index in [0.717, 1.165) is 10.4 Å². The number of hydrogen-bond acceptors (Lipinski definition) is 5. The van der Waals surface area contributed by atoms with Crippen molar-refractivity contribution in [1.29, 1.82) is 0 Å². The van der Waals surface area contributed by atoms with Crippen molar-refractivity contribution in [1.82, 2.24) is 5.48 Å². The summed E-state index contributed by atoms with van der Waals surface area (Å²) in [5.41, 5.74) is 3.81. The highest BCUT2D eigenvalue weighted by atomic mass is 32.1. The lowest BCUT2D eigenvalue weighted by Gasteiger charge is -2.02. The highest BCUT2D eigenvalue weighted by molar-refractivity contribution is 7.10. The summed E-state index contributed by atoms with van der Waals surface area (Å²) in [5.74, 6) is -0.337. The Morgan fingerprint density at radius 3 is 2.74 bits per heavy atom. The highest BCUT2D eigenvalue weighted by Crippen LogP contribution is 2.26. The summed E-state index contributed by atoms with van der Waals surface area (Å²) in [4.78, 5) is 21.6. The van der Waals surface area contributed by atoms with E-state index in [-0.39, 0.29) is 11.8 Å². The van der Waals surface area contributed by atoms with Crippen LogP contribution >= 0.6 is 11.3 Å². The molecule has 19 heavy (non-hydrogen) atoms. The van der Waals surface area contributed by atoms with E-state index in [1.165, 1.54) is 0 Å². The van der Waals surface area contributed by atoms with Gasteiger partial charge in [0, 0.05) is 5.56 Å². The van der Waals surface area contributed by atoms with Gasteiger partial charge in [-0.05, 0) is 23.6 Å². The van der Waals surface area contributed by atoms with Crippen molar-refractivity contribution < 1.29 is 14.7 Å². The molecule has 1 aromatic heterocycles. The molecule has 2 N–H and O–H groups in total. The Balaban J connectivity index is 1.83. The normalized spacial score (nSPS) is 17.9. The molecule has 0 saturated heterocycles. The molecule has 1 unspecified atom stereocenters. The van der Waals surface area contributed by atoms with Crippen molar-refractivity contribution in [3.05, 3.63) is 57.8 Å². The van der Waals surface area contributed by atoms with Crippen LogP contribution in [0.5, 0.6) is 0 Å². The van der Waals surface area contributed by atoms with Crippen LogP contribution in [-0.2, 0) is 4.84 Å². The lowest BCUT2D eigenvalue weighted by Crippen LogP contribution is -2.18. The first-order chi connectivity index (χ1) is 9.24. The van der Waals surface area contributed by atoms with Gasteiger partial charge in [-0.15, -0.1) is 11.3 Å². The van der Waals surface area contributed by atoms with Crippen LogP contribution in [0.4, 0.5) is 0 Å². The number of nitrogens with one attached hydrogen (secondary N) is 1. The number of carboxylic acid groups (broad SMARTS) is 1. The van der Waals surface area contributed by atoms with E-state index in [0.29, 0.717) is 5.84 Å². The predicted molar refractivity (Wildman–Crippen MR) is 71.2 cm³/mol. The summed E-state index contributed by atoms with van der Waals surface area (Å²) in [6.45, 7) is 0. The first-order valence-electron chi connectivity index (χ1n) is 5.60. The number of rotatable bonds is 3. The van der Waals surface area contributed by atoms with Gasteiger partial charge in [-0.2, -0.15) is 0 Å². The van der Waals surface area contributed by atoms with E-state index in [1.807, 2.05) is 17.5 Å². The number of aliphatic imine (C=N–C) groups is 1. The van der Waals surface area contributed by atoms with Gasteiger partial charge >= 0.3 is 5.97 Å². The van der Waals surface area contributed by atoms with Crippen LogP contribution in [0.25, 0.3) is 0 Å². The molecule has 1 aliphatic rings. The fourth-order valence-electron chi connectivity index (χ4n) is 1.74. The number of nitrogens with zero attached hydrogens (tertiary/aromatic N) is 1. The molecule has 0 fully saturated rings. The molecule has 1 aromatic carbocycles. The van der Waals surface area contributed by atoms with Gasteiger partial charge in [-0.25, -0.2) is 20.1 Å². The fourth-order valence-corrected chi connectivity index (χ4v) is 2.43. The summed E-state index contributed by atoms with van der Waals surface area (Å²) < 4.78 is 0. The molecular weight excluding hydrogens is 264 g/mol. The zero-order valence-electron chi connectivity index (χ0n) is 9.74. The minimum absolute atomic E-state index is 0.248. The molecule has 0 bridgehead atoms. The SMILES string of the molecule is O=C(O)c1ccc(C2=NC(c3cccs3)ON2)cc1. The van der Waals surface area contributed by atoms with Crippen molar-refractivity contribution in [2.45, 2.75) is 6.23 Å². The third-order valence-electron chi connectivity index (χ3n) is 2.71. The third-order valence-corrected chi connectivity index (χ3v) is 3.61. The average molecular weight is 274 g/mol. The van der Waals surface area contributed by atoms with E-state index in [9.17, 15) is 4.79 Å². The maximum absolute atomic E-state index is 10.8.